The zero-order valence-corrected chi connectivity index (χ0v) is 18.1. The van der Waals surface area contributed by atoms with E-state index in [0.717, 1.165) is 0 Å². The number of amides is 2. The quantitative estimate of drug-likeness (QED) is 0.631. The van der Waals surface area contributed by atoms with Crippen LogP contribution in [0.5, 0.6) is 0 Å². The predicted molar refractivity (Wildman–Crippen MR) is 111 cm³/mol. The molecule has 0 saturated heterocycles. The molecule has 1 unspecified atom stereocenters. The highest BCUT2D eigenvalue weighted by Gasteiger charge is 2.31. The summed E-state index contributed by atoms with van der Waals surface area (Å²) < 4.78 is 46.4. The number of alkyl halides is 1. The fraction of sp³-hybridized carbons (Fsp3) is 0.348. The second-order valence-electron chi connectivity index (χ2n) is 8.18. The summed E-state index contributed by atoms with van der Waals surface area (Å²) in [4.78, 5) is 37.4. The highest BCUT2D eigenvalue weighted by molar-refractivity contribution is 5.92. The maximum atomic E-state index is 14.4. The zero-order chi connectivity index (χ0) is 24.1. The number of nitrogens with one attached hydrogen (secondary N) is 2. The van der Waals surface area contributed by atoms with Gasteiger partial charge in [-0.1, -0.05) is 30.3 Å². The molecule has 0 fully saturated rings. The molecule has 0 spiro atoms. The van der Waals surface area contributed by atoms with Crippen LogP contribution in [0.3, 0.4) is 0 Å². The molecule has 0 aliphatic rings. The number of halogens is 3. The minimum Gasteiger partial charge on any atom is -0.458 e. The van der Waals surface area contributed by atoms with Crippen LogP contribution in [0.2, 0.25) is 0 Å². The average Bonchev–Trinajstić information content (AvgIpc) is 2.69. The minimum atomic E-state index is -2.40. The van der Waals surface area contributed by atoms with E-state index < -0.39 is 58.8 Å². The molecule has 6 nitrogen and oxygen atoms in total. The van der Waals surface area contributed by atoms with Gasteiger partial charge in [-0.05, 0) is 45.4 Å². The third kappa shape index (κ3) is 7.11. The van der Waals surface area contributed by atoms with Gasteiger partial charge in [0.25, 0.3) is 5.91 Å². The first-order valence-corrected chi connectivity index (χ1v) is 9.86. The van der Waals surface area contributed by atoms with Crippen molar-refractivity contribution in [3.05, 3.63) is 71.3 Å². The molecule has 0 aliphatic carbocycles. The van der Waals surface area contributed by atoms with Crippen molar-refractivity contribution < 1.29 is 32.3 Å². The van der Waals surface area contributed by atoms with Gasteiger partial charge < -0.3 is 15.4 Å². The van der Waals surface area contributed by atoms with E-state index in [1.807, 2.05) is 0 Å². The van der Waals surface area contributed by atoms with Gasteiger partial charge in [0.1, 0.15) is 23.3 Å². The number of benzene rings is 2. The van der Waals surface area contributed by atoms with Crippen LogP contribution in [0.1, 0.15) is 51.0 Å². The number of esters is 1. The van der Waals surface area contributed by atoms with Crippen LogP contribution in [-0.2, 0) is 19.1 Å². The molecule has 2 aromatic carbocycles. The number of carbonyl (C=O) groups excluding carboxylic acids is 3. The Morgan fingerprint density at radius 2 is 1.44 bits per heavy atom. The van der Waals surface area contributed by atoms with Crippen molar-refractivity contribution in [2.45, 2.75) is 51.6 Å². The second-order valence-corrected chi connectivity index (χ2v) is 8.18. The molecule has 0 aromatic heterocycles. The van der Waals surface area contributed by atoms with Gasteiger partial charge in [0.05, 0.1) is 0 Å². The van der Waals surface area contributed by atoms with Crippen molar-refractivity contribution in [2.75, 3.05) is 0 Å². The van der Waals surface area contributed by atoms with E-state index in [9.17, 15) is 27.6 Å². The predicted octanol–water partition coefficient (Wildman–Crippen LogP) is 3.68. The van der Waals surface area contributed by atoms with Gasteiger partial charge in [-0.15, -0.1) is 0 Å². The Morgan fingerprint density at radius 3 is 1.97 bits per heavy atom. The second kappa shape index (κ2) is 10.3. The first-order chi connectivity index (χ1) is 14.9. The Morgan fingerprint density at radius 1 is 0.875 bits per heavy atom. The van der Waals surface area contributed by atoms with E-state index in [1.54, 1.807) is 51.1 Å². The minimum absolute atomic E-state index is 0.451. The third-order valence-electron chi connectivity index (χ3n) is 4.22. The highest BCUT2D eigenvalue weighted by atomic mass is 19.1. The van der Waals surface area contributed by atoms with Gasteiger partial charge in [0, 0.05) is 11.6 Å². The summed E-state index contributed by atoms with van der Waals surface area (Å²) in [6, 6.07) is 7.82. The van der Waals surface area contributed by atoms with Crippen LogP contribution < -0.4 is 10.6 Å². The largest absolute Gasteiger partial charge is 0.458 e. The topological polar surface area (TPSA) is 84.5 Å². The van der Waals surface area contributed by atoms with Crippen LogP contribution in [0, 0.1) is 11.6 Å². The first-order valence-electron chi connectivity index (χ1n) is 9.86. The standard InChI is InChI=1S/C23H25F3N2O4/c1-13(27-21(30)18(26)15-10-16(24)12-17(25)11-15)20(29)28-19(14-8-6-5-7-9-14)22(31)32-23(2,3)4/h5-13,18-19H,1-4H3,(H,27,30)(H,28,29)/t13-,18?,19-/m0/s1. The molecule has 172 valence electrons. The summed E-state index contributed by atoms with van der Waals surface area (Å²) in [5.74, 6) is -4.83. The molecule has 9 heteroatoms. The molecule has 0 heterocycles. The van der Waals surface area contributed by atoms with Crippen molar-refractivity contribution in [3.8, 4) is 0 Å². The van der Waals surface area contributed by atoms with Crippen molar-refractivity contribution in [1.29, 1.82) is 0 Å². The van der Waals surface area contributed by atoms with Crippen molar-refractivity contribution in [3.63, 3.8) is 0 Å². The lowest BCUT2D eigenvalue weighted by atomic mass is 10.1. The summed E-state index contributed by atoms with van der Waals surface area (Å²) >= 11 is 0. The molecule has 2 rings (SSSR count). The monoisotopic (exact) mass is 450 g/mol. The van der Waals surface area contributed by atoms with Crippen molar-refractivity contribution in [2.24, 2.45) is 0 Å². The summed E-state index contributed by atoms with van der Waals surface area (Å²) in [6.45, 7) is 6.31. The van der Waals surface area contributed by atoms with E-state index in [1.165, 1.54) is 6.92 Å². The van der Waals surface area contributed by atoms with Gasteiger partial charge in [0.15, 0.2) is 6.04 Å². The highest BCUT2D eigenvalue weighted by Crippen LogP contribution is 2.21. The van der Waals surface area contributed by atoms with E-state index in [-0.39, 0.29) is 0 Å². The molecule has 3 atom stereocenters. The van der Waals surface area contributed by atoms with Gasteiger partial charge in [0.2, 0.25) is 12.1 Å². The van der Waals surface area contributed by atoms with Crippen molar-refractivity contribution >= 4 is 17.8 Å². The Hall–Kier alpha value is -3.36. The smallest absolute Gasteiger partial charge is 0.333 e. The summed E-state index contributed by atoms with van der Waals surface area (Å²) in [5.41, 5.74) is -0.883. The SMILES string of the molecule is C[C@H](NC(=O)C(F)c1cc(F)cc(F)c1)C(=O)N[C@H](C(=O)OC(C)(C)C)c1ccccc1. The lowest BCUT2D eigenvalue weighted by Crippen LogP contribution is -2.48. The van der Waals surface area contributed by atoms with Gasteiger partial charge in [-0.25, -0.2) is 18.0 Å². The molecule has 2 N–H and O–H groups in total. The Labute approximate surface area is 184 Å². The fourth-order valence-corrected chi connectivity index (χ4v) is 2.78. The lowest BCUT2D eigenvalue weighted by Gasteiger charge is -2.26. The molecule has 0 radical (unpaired) electrons. The number of ether oxygens (including phenoxy) is 1. The summed E-state index contributed by atoms with van der Waals surface area (Å²) in [5, 5.41) is 4.62. The molecule has 2 aromatic rings. The molecule has 2 amide bonds. The maximum Gasteiger partial charge on any atom is 0.333 e. The number of hydrogen-bond acceptors (Lipinski definition) is 4. The Bertz CT molecular complexity index is 957. The van der Waals surface area contributed by atoms with Crippen molar-refractivity contribution in [1.82, 2.24) is 10.6 Å². The normalized spacial score (nSPS) is 14.1. The van der Waals surface area contributed by atoms with Crippen LogP contribution >= 0.6 is 0 Å². The molecule has 32 heavy (non-hydrogen) atoms. The third-order valence-corrected chi connectivity index (χ3v) is 4.22. The molecule has 0 saturated carbocycles. The van der Waals surface area contributed by atoms with Crippen LogP contribution in [0.4, 0.5) is 13.2 Å². The Kier molecular flexibility index (Phi) is 8.02. The first kappa shape index (κ1) is 24.9. The number of carbonyl (C=O) groups is 3. The number of hydrogen-bond donors (Lipinski definition) is 2. The van der Waals surface area contributed by atoms with Gasteiger partial charge in [-0.3, -0.25) is 9.59 Å². The zero-order valence-electron chi connectivity index (χ0n) is 18.1. The summed E-state index contributed by atoms with van der Waals surface area (Å²) in [7, 11) is 0. The molecular weight excluding hydrogens is 425 g/mol. The maximum absolute atomic E-state index is 14.4. The lowest BCUT2D eigenvalue weighted by molar-refractivity contribution is -0.159. The van der Waals surface area contributed by atoms with Crippen LogP contribution in [0.15, 0.2) is 48.5 Å². The summed E-state index contributed by atoms with van der Waals surface area (Å²) in [6.07, 6.45) is -2.40. The average molecular weight is 450 g/mol. The van der Waals surface area contributed by atoms with E-state index in [4.69, 9.17) is 4.74 Å². The van der Waals surface area contributed by atoms with E-state index in [0.29, 0.717) is 23.8 Å². The molecule has 0 aliphatic heterocycles. The van der Waals surface area contributed by atoms with Gasteiger partial charge >= 0.3 is 5.97 Å². The molecule has 0 bridgehead atoms. The molecular formula is C23H25F3N2O4. The van der Waals surface area contributed by atoms with Gasteiger partial charge in [-0.2, -0.15) is 0 Å². The van der Waals surface area contributed by atoms with E-state index in [2.05, 4.69) is 10.6 Å². The fourth-order valence-electron chi connectivity index (χ4n) is 2.78. The van der Waals surface area contributed by atoms with Crippen LogP contribution in [-0.4, -0.2) is 29.4 Å². The Balaban J connectivity index is 2.11. The van der Waals surface area contributed by atoms with Crippen LogP contribution in [0.25, 0.3) is 0 Å². The van der Waals surface area contributed by atoms with E-state index >= 15 is 0 Å². The number of rotatable bonds is 7.